The highest BCUT2D eigenvalue weighted by Crippen LogP contribution is 2.24. The van der Waals surface area contributed by atoms with Crippen LogP contribution in [0.25, 0.3) is 0 Å². The number of carboxylic acids is 1. The number of carboxylic acid groups (broad SMARTS) is 1. The molecule has 1 atom stereocenters. The number of carbonyl (C=O) groups excluding carboxylic acids is 1. The molecule has 1 aromatic carbocycles. The summed E-state index contributed by atoms with van der Waals surface area (Å²) in [5, 5.41) is 11.6. The molecule has 1 aromatic rings. The van der Waals surface area contributed by atoms with Gasteiger partial charge in [0.15, 0.2) is 0 Å². The third-order valence-electron chi connectivity index (χ3n) is 3.08. The SMILES string of the molecule is COCCC(NC(=O)Cc1cc(OC)ccc1OC)C(=O)O. The van der Waals surface area contributed by atoms with Crippen LogP contribution >= 0.6 is 0 Å². The van der Waals surface area contributed by atoms with Gasteiger partial charge in [-0.2, -0.15) is 0 Å². The van der Waals surface area contributed by atoms with Gasteiger partial charge in [-0.25, -0.2) is 4.79 Å². The van der Waals surface area contributed by atoms with Gasteiger partial charge in [-0.1, -0.05) is 0 Å². The number of methoxy groups -OCH3 is 3. The van der Waals surface area contributed by atoms with E-state index in [-0.39, 0.29) is 19.4 Å². The fourth-order valence-corrected chi connectivity index (χ4v) is 1.93. The number of amides is 1. The van der Waals surface area contributed by atoms with Crippen molar-refractivity contribution in [1.29, 1.82) is 0 Å². The van der Waals surface area contributed by atoms with Crippen LogP contribution in [0.3, 0.4) is 0 Å². The molecule has 0 heterocycles. The van der Waals surface area contributed by atoms with Crippen LogP contribution in [0, 0.1) is 0 Å². The van der Waals surface area contributed by atoms with Crippen molar-refractivity contribution in [3.05, 3.63) is 23.8 Å². The normalized spacial score (nSPS) is 11.6. The number of benzene rings is 1. The van der Waals surface area contributed by atoms with Gasteiger partial charge in [0.1, 0.15) is 17.5 Å². The van der Waals surface area contributed by atoms with E-state index in [4.69, 9.17) is 19.3 Å². The fourth-order valence-electron chi connectivity index (χ4n) is 1.93. The van der Waals surface area contributed by atoms with Crippen molar-refractivity contribution in [3.8, 4) is 11.5 Å². The van der Waals surface area contributed by atoms with Gasteiger partial charge in [0.25, 0.3) is 0 Å². The van der Waals surface area contributed by atoms with Crippen LogP contribution in [0.5, 0.6) is 11.5 Å². The van der Waals surface area contributed by atoms with E-state index >= 15 is 0 Å². The van der Waals surface area contributed by atoms with Crippen molar-refractivity contribution < 1.29 is 28.9 Å². The molecule has 0 aliphatic rings. The third kappa shape index (κ3) is 5.25. The number of hydrogen-bond donors (Lipinski definition) is 2. The number of nitrogens with one attached hydrogen (secondary N) is 1. The van der Waals surface area contributed by atoms with Gasteiger partial charge in [-0.05, 0) is 18.2 Å². The topological polar surface area (TPSA) is 94.1 Å². The Hall–Kier alpha value is -2.28. The van der Waals surface area contributed by atoms with Crippen LogP contribution in [0.2, 0.25) is 0 Å². The molecule has 0 spiro atoms. The average Bonchev–Trinajstić information content (AvgIpc) is 2.50. The van der Waals surface area contributed by atoms with Crippen molar-refractivity contribution in [3.63, 3.8) is 0 Å². The Labute approximate surface area is 129 Å². The van der Waals surface area contributed by atoms with Crippen LogP contribution in [-0.4, -0.2) is 51.0 Å². The van der Waals surface area contributed by atoms with E-state index in [2.05, 4.69) is 5.32 Å². The molecule has 1 amide bonds. The first-order valence-corrected chi connectivity index (χ1v) is 6.73. The Morgan fingerprint density at radius 2 is 1.95 bits per heavy atom. The lowest BCUT2D eigenvalue weighted by Gasteiger charge is -2.15. The summed E-state index contributed by atoms with van der Waals surface area (Å²) < 4.78 is 15.1. The van der Waals surface area contributed by atoms with Crippen molar-refractivity contribution in [2.75, 3.05) is 27.9 Å². The smallest absolute Gasteiger partial charge is 0.326 e. The second-order valence-electron chi connectivity index (χ2n) is 4.59. The standard InChI is InChI=1S/C15H21NO6/c1-20-7-6-12(15(18)19)16-14(17)9-10-8-11(21-2)4-5-13(10)22-3/h4-5,8,12H,6-7,9H2,1-3H3,(H,16,17)(H,18,19). The predicted octanol–water partition coefficient (Wildman–Crippen LogP) is 0.852. The van der Waals surface area contributed by atoms with Crippen molar-refractivity contribution in [2.45, 2.75) is 18.9 Å². The van der Waals surface area contributed by atoms with E-state index in [0.717, 1.165) is 0 Å². The Kier molecular flexibility index (Phi) is 7.18. The molecule has 2 N–H and O–H groups in total. The van der Waals surface area contributed by atoms with Gasteiger partial charge in [0.2, 0.25) is 5.91 Å². The van der Waals surface area contributed by atoms with Crippen molar-refractivity contribution in [2.24, 2.45) is 0 Å². The van der Waals surface area contributed by atoms with E-state index in [1.807, 2.05) is 0 Å². The minimum absolute atomic E-state index is 0.00284. The number of aliphatic carboxylic acids is 1. The first-order chi connectivity index (χ1) is 10.5. The maximum absolute atomic E-state index is 12.0. The van der Waals surface area contributed by atoms with E-state index in [1.165, 1.54) is 21.3 Å². The largest absolute Gasteiger partial charge is 0.497 e. The predicted molar refractivity (Wildman–Crippen MR) is 79.3 cm³/mol. The van der Waals surface area contributed by atoms with Crippen LogP contribution in [0.1, 0.15) is 12.0 Å². The third-order valence-corrected chi connectivity index (χ3v) is 3.08. The summed E-state index contributed by atoms with van der Waals surface area (Å²) in [6.45, 7) is 0.250. The molecule has 122 valence electrons. The summed E-state index contributed by atoms with van der Waals surface area (Å²) in [7, 11) is 4.50. The zero-order valence-electron chi connectivity index (χ0n) is 12.9. The van der Waals surface area contributed by atoms with E-state index < -0.39 is 17.9 Å². The molecular weight excluding hydrogens is 290 g/mol. The van der Waals surface area contributed by atoms with E-state index in [9.17, 15) is 9.59 Å². The minimum Gasteiger partial charge on any atom is -0.497 e. The molecule has 0 radical (unpaired) electrons. The van der Waals surface area contributed by atoms with Gasteiger partial charge < -0.3 is 24.6 Å². The molecule has 0 aromatic heterocycles. The molecule has 0 aliphatic carbocycles. The molecule has 7 nitrogen and oxygen atoms in total. The maximum atomic E-state index is 12.0. The highest BCUT2D eigenvalue weighted by atomic mass is 16.5. The van der Waals surface area contributed by atoms with Gasteiger partial charge in [0, 0.05) is 25.7 Å². The Morgan fingerprint density at radius 1 is 1.23 bits per heavy atom. The molecule has 0 fully saturated rings. The van der Waals surface area contributed by atoms with Crippen LogP contribution in [0.15, 0.2) is 18.2 Å². The van der Waals surface area contributed by atoms with Crippen LogP contribution in [0.4, 0.5) is 0 Å². The summed E-state index contributed by atoms with van der Waals surface area (Å²) in [4.78, 5) is 23.1. The lowest BCUT2D eigenvalue weighted by atomic mass is 10.1. The average molecular weight is 311 g/mol. The Bertz CT molecular complexity index is 517. The number of hydrogen-bond acceptors (Lipinski definition) is 5. The zero-order valence-corrected chi connectivity index (χ0v) is 12.9. The first-order valence-electron chi connectivity index (χ1n) is 6.73. The van der Waals surface area contributed by atoms with Gasteiger partial charge in [-0.3, -0.25) is 4.79 Å². The van der Waals surface area contributed by atoms with Gasteiger partial charge in [0.05, 0.1) is 20.6 Å². The lowest BCUT2D eigenvalue weighted by molar-refractivity contribution is -0.142. The monoisotopic (exact) mass is 311 g/mol. The summed E-state index contributed by atoms with van der Waals surface area (Å²) in [6, 6.07) is 4.12. The van der Waals surface area contributed by atoms with Gasteiger partial charge >= 0.3 is 5.97 Å². The summed E-state index contributed by atoms with van der Waals surface area (Å²) >= 11 is 0. The number of ether oxygens (including phenoxy) is 3. The number of rotatable bonds is 9. The first kappa shape index (κ1) is 17.8. The second-order valence-corrected chi connectivity index (χ2v) is 4.59. The zero-order chi connectivity index (χ0) is 16.5. The molecule has 0 saturated carbocycles. The second kappa shape index (κ2) is 8.89. The van der Waals surface area contributed by atoms with Crippen LogP contribution in [-0.2, 0) is 20.7 Å². The minimum atomic E-state index is -1.09. The van der Waals surface area contributed by atoms with Crippen molar-refractivity contribution in [1.82, 2.24) is 5.32 Å². The van der Waals surface area contributed by atoms with Crippen molar-refractivity contribution >= 4 is 11.9 Å². The Balaban J connectivity index is 2.76. The van der Waals surface area contributed by atoms with E-state index in [1.54, 1.807) is 18.2 Å². The Morgan fingerprint density at radius 3 is 2.50 bits per heavy atom. The van der Waals surface area contributed by atoms with E-state index in [0.29, 0.717) is 17.1 Å². The summed E-state index contributed by atoms with van der Waals surface area (Å²) in [6.07, 6.45) is 0.198. The molecule has 1 rings (SSSR count). The number of carbonyl (C=O) groups is 2. The van der Waals surface area contributed by atoms with Crippen LogP contribution < -0.4 is 14.8 Å². The van der Waals surface area contributed by atoms with Gasteiger partial charge in [-0.15, -0.1) is 0 Å². The quantitative estimate of drug-likeness (QED) is 0.702. The molecule has 7 heteroatoms. The molecule has 0 saturated heterocycles. The molecule has 0 bridgehead atoms. The fraction of sp³-hybridized carbons (Fsp3) is 0.467. The maximum Gasteiger partial charge on any atom is 0.326 e. The molecule has 1 unspecified atom stereocenters. The molecular formula is C15H21NO6. The highest BCUT2D eigenvalue weighted by Gasteiger charge is 2.20. The summed E-state index contributed by atoms with van der Waals surface area (Å²) in [5.74, 6) is -0.365. The summed E-state index contributed by atoms with van der Waals surface area (Å²) in [5.41, 5.74) is 0.621. The highest BCUT2D eigenvalue weighted by molar-refractivity contribution is 5.85. The molecule has 0 aliphatic heterocycles. The molecule has 22 heavy (non-hydrogen) atoms. The lowest BCUT2D eigenvalue weighted by Crippen LogP contribution is -2.42.